The Labute approximate surface area is 116 Å². The third-order valence-electron chi connectivity index (χ3n) is 2.56. The second-order valence-electron chi connectivity index (χ2n) is 3.84. The number of rotatable bonds is 4. The summed E-state index contributed by atoms with van der Waals surface area (Å²) in [6.45, 7) is 0. The van der Waals surface area contributed by atoms with Gasteiger partial charge < -0.3 is 15.3 Å². The van der Waals surface area contributed by atoms with Crippen LogP contribution in [0.4, 0.5) is 10.2 Å². The fourth-order valence-electron chi connectivity index (χ4n) is 1.61. The van der Waals surface area contributed by atoms with Crippen molar-refractivity contribution in [2.24, 2.45) is 5.16 Å². The molecule has 1 aromatic heterocycles. The van der Waals surface area contributed by atoms with E-state index in [0.29, 0.717) is 5.56 Å². The van der Waals surface area contributed by atoms with Crippen LogP contribution in [-0.2, 0) is 6.42 Å². The molecule has 0 aliphatic heterocycles. The number of nitrogens with zero attached hydrogens (tertiary/aromatic N) is 5. The van der Waals surface area contributed by atoms with Gasteiger partial charge in [0.15, 0.2) is 5.16 Å². The predicted molar refractivity (Wildman–Crippen MR) is 64.1 cm³/mol. The van der Waals surface area contributed by atoms with E-state index in [9.17, 15) is 14.5 Å². The van der Waals surface area contributed by atoms with Gasteiger partial charge in [0.05, 0.1) is 5.56 Å². The molecule has 0 unspecified atom stereocenters. The second-order valence-corrected chi connectivity index (χ2v) is 3.84. The van der Waals surface area contributed by atoms with Gasteiger partial charge in [-0.3, -0.25) is 0 Å². The Bertz CT molecular complexity index is 764. The number of aromatic nitrogens is 2. The number of halogens is 1. The average molecular weight is 291 g/mol. The van der Waals surface area contributed by atoms with Gasteiger partial charge in [0, 0.05) is 6.42 Å². The molecule has 0 spiro atoms. The summed E-state index contributed by atoms with van der Waals surface area (Å²) in [6, 6.07) is 5.31. The highest BCUT2D eigenvalue weighted by Gasteiger charge is 2.27. The highest BCUT2D eigenvalue weighted by Crippen LogP contribution is 2.17. The van der Waals surface area contributed by atoms with E-state index >= 15 is 0 Å². The molecule has 1 aromatic carbocycles. The van der Waals surface area contributed by atoms with Gasteiger partial charge in [0.1, 0.15) is 17.6 Å². The van der Waals surface area contributed by atoms with Gasteiger partial charge >= 0.3 is 5.82 Å². The van der Waals surface area contributed by atoms with Crippen LogP contribution in [0.2, 0.25) is 0 Å². The molecular formula is C11H6FN5O4. The summed E-state index contributed by atoms with van der Waals surface area (Å²) in [4.78, 5) is 9.87. The van der Waals surface area contributed by atoms with Crippen molar-refractivity contribution in [2.75, 3.05) is 0 Å². The maximum atomic E-state index is 13.2. The molecular weight excluding hydrogens is 285 g/mol. The van der Waals surface area contributed by atoms with E-state index in [0.717, 1.165) is 6.07 Å². The van der Waals surface area contributed by atoms with Gasteiger partial charge in [-0.25, -0.2) is 4.39 Å². The molecule has 2 aromatic rings. The van der Waals surface area contributed by atoms with Crippen molar-refractivity contribution >= 4 is 11.5 Å². The van der Waals surface area contributed by atoms with E-state index in [1.165, 1.54) is 12.1 Å². The lowest BCUT2D eigenvalue weighted by Crippen LogP contribution is -2.09. The van der Waals surface area contributed by atoms with Crippen LogP contribution in [0.25, 0.3) is 0 Å². The molecule has 0 saturated heterocycles. The van der Waals surface area contributed by atoms with Crippen LogP contribution in [0.3, 0.4) is 0 Å². The monoisotopic (exact) mass is 291 g/mol. The molecule has 10 heteroatoms. The van der Waals surface area contributed by atoms with E-state index in [1.807, 2.05) is 0 Å². The number of hydrogen-bond donors (Lipinski definition) is 1. The topological polar surface area (TPSA) is 138 Å². The van der Waals surface area contributed by atoms with Crippen LogP contribution in [0, 0.1) is 27.3 Å². The summed E-state index contributed by atoms with van der Waals surface area (Å²) in [5.41, 5.74) is -0.334. The number of oxime groups is 1. The van der Waals surface area contributed by atoms with Crippen LogP contribution in [0.15, 0.2) is 28.0 Å². The molecule has 0 amide bonds. The summed E-state index contributed by atoms with van der Waals surface area (Å²) in [5, 5.41) is 37.7. The van der Waals surface area contributed by atoms with E-state index in [4.69, 9.17) is 10.5 Å². The first kappa shape index (κ1) is 14.1. The third kappa shape index (κ3) is 2.81. The fraction of sp³-hybridized carbons (Fsp3) is 0.0909. The first-order valence-electron chi connectivity index (χ1n) is 5.43. The molecule has 0 radical (unpaired) electrons. The molecule has 0 aliphatic rings. The molecule has 2 rings (SSSR count). The normalized spacial score (nSPS) is 11.1. The predicted octanol–water partition coefficient (Wildman–Crippen LogP) is 1.41. The molecule has 0 fully saturated rings. The van der Waals surface area contributed by atoms with Crippen LogP contribution in [-0.4, -0.2) is 26.2 Å². The summed E-state index contributed by atoms with van der Waals surface area (Å²) >= 11 is 0. The number of hydrogen-bond acceptors (Lipinski definition) is 8. The number of nitro groups is 1. The van der Waals surface area contributed by atoms with Gasteiger partial charge in [0.2, 0.25) is 5.69 Å². The van der Waals surface area contributed by atoms with Gasteiger partial charge in [-0.15, -0.1) is 4.63 Å². The molecule has 0 aliphatic carbocycles. The van der Waals surface area contributed by atoms with E-state index < -0.39 is 16.6 Å². The quantitative estimate of drug-likeness (QED) is 0.388. The minimum Gasteiger partial charge on any atom is -0.411 e. The van der Waals surface area contributed by atoms with Crippen LogP contribution in [0.1, 0.15) is 16.8 Å². The van der Waals surface area contributed by atoms with Crippen LogP contribution in [0.5, 0.6) is 0 Å². The standard InChI is InChI=1S/C11H6FN5O4/c12-8-2-1-6(3-7(8)5-13)4-9(14-18)10-11(17(19)20)16-21-15-10/h1-3,18H,4H2/b14-9+. The molecule has 1 N–H and O–H groups in total. The average Bonchev–Trinajstić information content (AvgIpc) is 2.95. The molecule has 106 valence electrons. The van der Waals surface area contributed by atoms with E-state index in [1.54, 1.807) is 6.07 Å². The summed E-state index contributed by atoms with van der Waals surface area (Å²) in [6.07, 6.45) is -0.124. The molecule has 0 atom stereocenters. The lowest BCUT2D eigenvalue weighted by atomic mass is 10.0. The first-order chi connectivity index (χ1) is 10.1. The minimum absolute atomic E-state index is 0.124. The zero-order chi connectivity index (χ0) is 15.4. The van der Waals surface area contributed by atoms with Gasteiger partial charge in [-0.05, 0) is 27.8 Å². The van der Waals surface area contributed by atoms with Gasteiger partial charge in [-0.2, -0.15) is 5.26 Å². The zero-order valence-electron chi connectivity index (χ0n) is 10.2. The maximum absolute atomic E-state index is 13.2. The van der Waals surface area contributed by atoms with Crippen molar-refractivity contribution in [3.63, 3.8) is 0 Å². The van der Waals surface area contributed by atoms with Crippen LogP contribution >= 0.6 is 0 Å². The minimum atomic E-state index is -0.845. The lowest BCUT2D eigenvalue weighted by molar-refractivity contribution is -0.391. The second kappa shape index (κ2) is 5.74. The van der Waals surface area contributed by atoms with Crippen molar-refractivity contribution in [3.05, 3.63) is 51.0 Å². The molecule has 0 bridgehead atoms. The van der Waals surface area contributed by atoms with Crippen LogP contribution < -0.4 is 0 Å². The third-order valence-corrected chi connectivity index (χ3v) is 2.56. The van der Waals surface area contributed by atoms with Crippen molar-refractivity contribution in [2.45, 2.75) is 6.42 Å². The Balaban J connectivity index is 2.35. The first-order valence-corrected chi connectivity index (χ1v) is 5.43. The smallest absolute Gasteiger partial charge is 0.411 e. The van der Waals surface area contributed by atoms with Gasteiger partial charge in [-0.1, -0.05) is 11.2 Å². The molecule has 1 heterocycles. The maximum Gasteiger partial charge on any atom is 0.444 e. The van der Waals surface area contributed by atoms with E-state index in [2.05, 4.69) is 20.1 Å². The Morgan fingerprint density at radius 2 is 2.33 bits per heavy atom. The number of nitriles is 1. The fourth-order valence-corrected chi connectivity index (χ4v) is 1.61. The zero-order valence-corrected chi connectivity index (χ0v) is 10.2. The van der Waals surface area contributed by atoms with E-state index in [-0.39, 0.29) is 23.4 Å². The summed E-state index contributed by atoms with van der Waals surface area (Å²) in [5.74, 6) is -1.40. The summed E-state index contributed by atoms with van der Waals surface area (Å²) < 4.78 is 17.4. The van der Waals surface area contributed by atoms with Gasteiger partial charge in [0.25, 0.3) is 0 Å². The Morgan fingerprint density at radius 3 is 2.95 bits per heavy atom. The van der Waals surface area contributed by atoms with Crippen molar-refractivity contribution in [1.29, 1.82) is 5.26 Å². The molecule has 0 saturated carbocycles. The molecule has 9 nitrogen and oxygen atoms in total. The Hall–Kier alpha value is -3.35. The van der Waals surface area contributed by atoms with Crippen molar-refractivity contribution < 1.29 is 19.2 Å². The SMILES string of the molecule is N#Cc1cc(C/C(=N\O)c2nonc2[N+](=O)[O-])ccc1F. The number of benzene rings is 1. The van der Waals surface area contributed by atoms with Crippen molar-refractivity contribution in [3.8, 4) is 6.07 Å². The Morgan fingerprint density at radius 1 is 1.57 bits per heavy atom. The molecule has 21 heavy (non-hydrogen) atoms. The largest absolute Gasteiger partial charge is 0.444 e. The lowest BCUT2D eigenvalue weighted by Gasteiger charge is -2.02. The summed E-state index contributed by atoms with van der Waals surface area (Å²) in [7, 11) is 0. The highest BCUT2D eigenvalue weighted by molar-refractivity contribution is 6.02. The Kier molecular flexibility index (Phi) is 3.85. The highest BCUT2D eigenvalue weighted by atomic mass is 19.1. The van der Waals surface area contributed by atoms with Crippen molar-refractivity contribution in [1.82, 2.24) is 10.3 Å².